The van der Waals surface area contributed by atoms with Gasteiger partial charge in [-0.1, -0.05) is 17.8 Å². The Kier molecular flexibility index (Phi) is 6.09. The molecule has 1 atom stereocenters. The van der Waals surface area contributed by atoms with E-state index in [0.29, 0.717) is 15.4 Å². The normalized spacial score (nSPS) is 12.1. The number of nitrogens with one attached hydrogen (secondary N) is 1. The summed E-state index contributed by atoms with van der Waals surface area (Å²) in [6.45, 7) is 1.62. The monoisotopic (exact) mass is 490 g/mol. The van der Waals surface area contributed by atoms with Crippen LogP contribution in [0.1, 0.15) is 6.92 Å². The van der Waals surface area contributed by atoms with Crippen molar-refractivity contribution in [3.05, 3.63) is 67.4 Å². The van der Waals surface area contributed by atoms with Crippen molar-refractivity contribution in [2.75, 3.05) is 5.32 Å². The van der Waals surface area contributed by atoms with Crippen LogP contribution < -0.4 is 10.9 Å². The topological polar surface area (TPSA) is 107 Å². The zero-order valence-electron chi connectivity index (χ0n) is 16.7. The van der Waals surface area contributed by atoms with Gasteiger partial charge in [-0.25, -0.2) is 4.98 Å². The number of halogens is 1. The van der Waals surface area contributed by atoms with E-state index in [4.69, 9.17) is 0 Å². The Hall–Kier alpha value is -3.09. The molecule has 0 aliphatic heterocycles. The molecule has 1 N–H and O–H groups in total. The lowest BCUT2D eigenvalue weighted by Crippen LogP contribution is -2.25. The molecule has 0 saturated carbocycles. The maximum absolute atomic E-state index is 13.5. The predicted octanol–water partition coefficient (Wildman–Crippen LogP) is 4.89. The van der Waals surface area contributed by atoms with Crippen molar-refractivity contribution >= 4 is 61.9 Å². The van der Waals surface area contributed by atoms with Crippen molar-refractivity contribution in [3.63, 3.8) is 0 Å². The Balaban J connectivity index is 1.57. The smallest absolute Gasteiger partial charge is 0.306 e. The molecule has 0 bridgehead atoms. The molecular formula is C20H15FN4O4S3. The van der Waals surface area contributed by atoms with Crippen LogP contribution in [0.15, 0.2) is 51.0 Å². The maximum Gasteiger partial charge on any atom is 0.306 e. The number of benzene rings is 1. The first-order chi connectivity index (χ1) is 15.3. The number of thiophene rings is 2. The quantitative estimate of drug-likeness (QED) is 0.178. The highest BCUT2D eigenvalue weighted by Crippen LogP contribution is 2.35. The predicted molar refractivity (Wildman–Crippen MR) is 125 cm³/mol. The van der Waals surface area contributed by atoms with Crippen molar-refractivity contribution < 1.29 is 14.1 Å². The lowest BCUT2D eigenvalue weighted by atomic mass is 10.2. The largest absolute Gasteiger partial charge is 0.325 e. The molecule has 1 aromatic carbocycles. The van der Waals surface area contributed by atoms with Crippen molar-refractivity contribution in [1.29, 1.82) is 0 Å². The molecule has 12 heteroatoms. The number of hydrogen-bond acceptors (Lipinski definition) is 8. The number of anilines is 1. The number of carbonyl (C=O) groups is 1. The molecule has 0 radical (unpaired) electrons. The van der Waals surface area contributed by atoms with E-state index in [9.17, 15) is 24.1 Å². The standard InChI is InChI=1S/C20H15FN4O4S3/c1-10(17(26)22-11-5-6-13(21)14(8-11)25(28)29)32-20-23-18-16(19(27)24(20)2)12(9-31-18)15-4-3-7-30-15/h3-10H,1-2H3,(H,22,26). The van der Waals surface area contributed by atoms with Gasteiger partial charge < -0.3 is 5.32 Å². The summed E-state index contributed by atoms with van der Waals surface area (Å²) in [5, 5.41) is 17.5. The minimum absolute atomic E-state index is 0.103. The van der Waals surface area contributed by atoms with Gasteiger partial charge in [0, 0.05) is 34.6 Å². The molecule has 1 amide bonds. The molecule has 0 saturated heterocycles. The molecular weight excluding hydrogens is 475 g/mol. The number of aromatic nitrogens is 2. The van der Waals surface area contributed by atoms with Crippen LogP contribution in [0.2, 0.25) is 0 Å². The Morgan fingerprint density at radius 1 is 1.34 bits per heavy atom. The minimum Gasteiger partial charge on any atom is -0.325 e. The fourth-order valence-electron chi connectivity index (χ4n) is 2.96. The van der Waals surface area contributed by atoms with Gasteiger partial charge in [0.05, 0.1) is 15.6 Å². The molecule has 3 aromatic heterocycles. The number of fused-ring (bicyclic) bond motifs is 1. The highest BCUT2D eigenvalue weighted by molar-refractivity contribution is 8.00. The van der Waals surface area contributed by atoms with Crippen molar-refractivity contribution in [3.8, 4) is 10.4 Å². The number of amides is 1. The summed E-state index contributed by atoms with van der Waals surface area (Å²) in [7, 11) is 1.60. The van der Waals surface area contributed by atoms with Crippen LogP contribution >= 0.6 is 34.4 Å². The third-order valence-electron chi connectivity index (χ3n) is 4.62. The zero-order valence-corrected chi connectivity index (χ0v) is 19.1. The Labute approximate surface area is 192 Å². The Bertz CT molecular complexity index is 1400. The van der Waals surface area contributed by atoms with Crippen LogP contribution in [0.4, 0.5) is 15.8 Å². The minimum atomic E-state index is -0.985. The first kappa shape index (κ1) is 22.1. The number of thioether (sulfide) groups is 1. The number of rotatable bonds is 6. The third kappa shape index (κ3) is 4.16. The van der Waals surface area contributed by atoms with Crippen molar-refractivity contribution in [1.82, 2.24) is 9.55 Å². The molecule has 0 fully saturated rings. The van der Waals surface area contributed by atoms with E-state index in [1.54, 1.807) is 25.3 Å². The van der Waals surface area contributed by atoms with E-state index in [-0.39, 0.29) is 11.2 Å². The van der Waals surface area contributed by atoms with E-state index in [2.05, 4.69) is 10.3 Å². The van der Waals surface area contributed by atoms with Gasteiger partial charge in [0.25, 0.3) is 5.56 Å². The van der Waals surface area contributed by atoms with Gasteiger partial charge in [0.2, 0.25) is 11.7 Å². The second-order valence-electron chi connectivity index (χ2n) is 6.74. The SMILES string of the molecule is CC(Sc1nc2scc(-c3cccs3)c2c(=O)n1C)C(=O)Nc1ccc(F)c([N+](=O)[O-])c1. The van der Waals surface area contributed by atoms with Crippen molar-refractivity contribution in [2.24, 2.45) is 7.05 Å². The zero-order chi connectivity index (χ0) is 23.0. The first-order valence-corrected chi connectivity index (χ1v) is 11.8. The fraction of sp³-hybridized carbons (Fsp3) is 0.150. The number of nitrogens with zero attached hydrogens (tertiary/aromatic N) is 3. The van der Waals surface area contributed by atoms with Gasteiger partial charge >= 0.3 is 5.69 Å². The first-order valence-electron chi connectivity index (χ1n) is 9.20. The lowest BCUT2D eigenvalue weighted by molar-refractivity contribution is -0.387. The summed E-state index contributed by atoms with van der Waals surface area (Å²) in [6.07, 6.45) is 0. The number of nitro benzene ring substituents is 1. The van der Waals surface area contributed by atoms with Crippen LogP contribution in [0.3, 0.4) is 0 Å². The average molecular weight is 491 g/mol. The van der Waals surface area contributed by atoms with Crippen LogP contribution in [-0.2, 0) is 11.8 Å². The number of hydrogen-bond donors (Lipinski definition) is 1. The average Bonchev–Trinajstić information content (AvgIpc) is 3.42. The summed E-state index contributed by atoms with van der Waals surface area (Å²) in [4.78, 5) is 41.8. The van der Waals surface area contributed by atoms with Gasteiger partial charge in [-0.15, -0.1) is 22.7 Å². The highest BCUT2D eigenvalue weighted by atomic mass is 32.2. The van der Waals surface area contributed by atoms with Gasteiger partial charge in [0.15, 0.2) is 5.16 Å². The van der Waals surface area contributed by atoms with E-state index < -0.39 is 27.6 Å². The molecule has 1 unspecified atom stereocenters. The molecule has 32 heavy (non-hydrogen) atoms. The highest BCUT2D eigenvalue weighted by Gasteiger charge is 2.22. The molecule has 4 rings (SSSR count). The maximum atomic E-state index is 13.5. The molecule has 0 spiro atoms. The second-order valence-corrected chi connectivity index (χ2v) is 9.85. The molecule has 8 nitrogen and oxygen atoms in total. The number of nitro groups is 1. The molecule has 164 valence electrons. The van der Waals surface area contributed by atoms with Crippen molar-refractivity contribution in [2.45, 2.75) is 17.3 Å². The van der Waals surface area contributed by atoms with Gasteiger partial charge in [-0.2, -0.15) is 4.39 Å². The summed E-state index contributed by atoms with van der Waals surface area (Å²) in [5.74, 6) is -1.45. The Morgan fingerprint density at radius 2 is 2.12 bits per heavy atom. The van der Waals surface area contributed by atoms with E-state index in [1.807, 2.05) is 22.9 Å². The summed E-state index contributed by atoms with van der Waals surface area (Å²) >= 11 is 3.99. The van der Waals surface area contributed by atoms with Gasteiger partial charge in [-0.3, -0.25) is 24.3 Å². The van der Waals surface area contributed by atoms with Gasteiger partial charge in [0.1, 0.15) is 4.83 Å². The van der Waals surface area contributed by atoms with E-state index >= 15 is 0 Å². The molecule has 0 aliphatic rings. The molecule has 0 aliphatic carbocycles. The summed E-state index contributed by atoms with van der Waals surface area (Å²) < 4.78 is 14.9. The third-order valence-corrected chi connectivity index (χ3v) is 7.54. The van der Waals surface area contributed by atoms with Crippen LogP contribution in [0.25, 0.3) is 20.7 Å². The molecule has 4 aromatic rings. The number of carbonyl (C=O) groups excluding carboxylic acids is 1. The second kappa shape index (κ2) is 8.81. The van der Waals surface area contributed by atoms with E-state index in [1.165, 1.54) is 22.0 Å². The summed E-state index contributed by atoms with van der Waals surface area (Å²) in [5.41, 5.74) is 0.0146. The van der Waals surface area contributed by atoms with Gasteiger partial charge in [-0.05, 0) is 30.5 Å². The summed E-state index contributed by atoms with van der Waals surface area (Å²) in [6, 6.07) is 6.99. The lowest BCUT2D eigenvalue weighted by Gasteiger charge is -2.13. The van der Waals surface area contributed by atoms with Crippen LogP contribution in [0, 0.1) is 15.9 Å². The molecule has 3 heterocycles. The van der Waals surface area contributed by atoms with Crippen LogP contribution in [-0.4, -0.2) is 25.6 Å². The fourth-order valence-corrected chi connectivity index (χ4v) is 5.63. The van der Waals surface area contributed by atoms with Crippen LogP contribution in [0.5, 0.6) is 0 Å². The van der Waals surface area contributed by atoms with E-state index in [0.717, 1.165) is 34.3 Å². The Morgan fingerprint density at radius 3 is 2.81 bits per heavy atom.